The number of aromatic hydroxyl groups is 1. The van der Waals surface area contributed by atoms with E-state index in [0.29, 0.717) is 121 Å². The normalized spacial score (nSPS) is 18.4. The highest BCUT2D eigenvalue weighted by atomic mass is 19.1. The average Bonchev–Trinajstić information content (AvgIpc) is 0.731. The van der Waals surface area contributed by atoms with Crippen LogP contribution in [0.1, 0.15) is 194 Å². The summed E-state index contributed by atoms with van der Waals surface area (Å²) in [7, 11) is 0. The molecule has 0 unspecified atom stereocenters. The van der Waals surface area contributed by atoms with Crippen molar-refractivity contribution in [3.8, 4) is 56.6 Å². The Kier molecular flexibility index (Phi) is 31.9. The maximum atomic E-state index is 16.3. The van der Waals surface area contributed by atoms with E-state index in [4.69, 9.17) is 45.6 Å². The van der Waals surface area contributed by atoms with Crippen molar-refractivity contribution in [3.05, 3.63) is 217 Å². The third-order valence-corrected chi connectivity index (χ3v) is 28.1. The molecule has 6 N–H and O–H groups in total. The predicted molar refractivity (Wildman–Crippen MR) is 569 cm³/mol. The summed E-state index contributed by atoms with van der Waals surface area (Å²) >= 11 is 0. The number of piperazine rings is 6. The molecule has 18 rings (SSSR count). The number of amides is 3. The van der Waals surface area contributed by atoms with Crippen molar-refractivity contribution in [1.82, 2.24) is 104 Å². The van der Waals surface area contributed by atoms with Gasteiger partial charge in [0.05, 0.1) is 78.5 Å². The highest BCUT2D eigenvalue weighted by Crippen LogP contribution is 2.44. The zero-order valence-corrected chi connectivity index (χ0v) is 87.5. The predicted octanol–water partition coefficient (Wildman–Crippen LogP) is 13.6. The molecule has 149 heavy (non-hydrogen) atoms. The van der Waals surface area contributed by atoms with E-state index in [1.807, 2.05) is 139 Å². The van der Waals surface area contributed by atoms with Gasteiger partial charge < -0.3 is 70.9 Å². The Morgan fingerprint density at radius 3 is 0.919 bits per heavy atom. The molecule has 6 aliphatic heterocycles. The minimum atomic E-state index is -0.911. The number of aromatic nitrogens is 15. The number of nitrogens with two attached hydrogens (primary N) is 1. The lowest BCUT2D eigenvalue weighted by Gasteiger charge is -2.44. The maximum Gasteiger partial charge on any atom is 0.355 e. The molecule has 12 aromatic rings. The molecule has 6 aliphatic rings. The van der Waals surface area contributed by atoms with Crippen LogP contribution in [0.3, 0.4) is 0 Å². The van der Waals surface area contributed by atoms with Gasteiger partial charge in [-0.15, -0.1) is 0 Å². The highest BCUT2D eigenvalue weighted by molar-refractivity contribution is 5.96. The first-order chi connectivity index (χ1) is 71.0. The number of rotatable bonds is 21. The molecule has 0 spiro atoms. The van der Waals surface area contributed by atoms with Crippen LogP contribution in [-0.2, 0) is 14.4 Å². The Morgan fingerprint density at radius 1 is 0.356 bits per heavy atom. The average molecular weight is 2050 g/mol. The number of phenols is 1. The second-order valence-corrected chi connectivity index (χ2v) is 40.8. The van der Waals surface area contributed by atoms with Gasteiger partial charge in [-0.05, 0) is 150 Å². The second kappa shape index (κ2) is 44.4. The first-order valence-electron chi connectivity index (χ1n) is 50.9. The van der Waals surface area contributed by atoms with Crippen LogP contribution < -0.4 is 68.2 Å². The second-order valence-electron chi connectivity index (χ2n) is 40.8. The molecule has 0 aliphatic carbocycles. The summed E-state index contributed by atoms with van der Waals surface area (Å²) in [5.41, 5.74) is 7.50. The summed E-state index contributed by atoms with van der Waals surface area (Å²) in [6.45, 7) is 57.1. The van der Waals surface area contributed by atoms with Gasteiger partial charge in [0.2, 0.25) is 35.6 Å². The van der Waals surface area contributed by atoms with Crippen LogP contribution in [0.5, 0.6) is 5.75 Å². The van der Waals surface area contributed by atoms with Crippen LogP contribution in [0.4, 0.5) is 67.3 Å². The summed E-state index contributed by atoms with van der Waals surface area (Å²) in [5.74, 6) is -4.51. The number of nitrogens with one attached hydrogen (secondary N) is 3. The molecule has 3 aromatic carbocycles. The monoisotopic (exact) mass is 2050 g/mol. The van der Waals surface area contributed by atoms with Crippen molar-refractivity contribution >= 4 is 91.8 Å². The molecule has 6 fully saturated rings. The summed E-state index contributed by atoms with van der Waals surface area (Å²) in [4.78, 5) is 156. The lowest BCUT2D eigenvalue weighted by atomic mass is 10.0. The molecular weight excluding hydrogens is 1920 g/mol. The number of carbonyl (C=O) groups excluding carboxylic acids is 3. The summed E-state index contributed by atoms with van der Waals surface area (Å²) in [6, 6.07) is 15.6. The molecule has 0 saturated carbocycles. The minimum absolute atomic E-state index is 0.00109. The molecule has 6 saturated heterocycles. The van der Waals surface area contributed by atoms with Gasteiger partial charge in [-0.1, -0.05) is 127 Å². The molecule has 41 heteroatoms. The number of halogens is 6. The Bertz CT molecular complexity index is 6970. The fourth-order valence-corrected chi connectivity index (χ4v) is 20.4. The number of hydrogen-bond donors (Lipinski definition) is 5. The Morgan fingerprint density at radius 2 is 0.631 bits per heavy atom. The van der Waals surface area contributed by atoms with Gasteiger partial charge in [0.15, 0.2) is 28.6 Å². The number of pyridine rings is 3. The standard InChI is InChI=1S/C36H44F2N10O2.C36H43F2N9O3.C36H43F2N9O2/c1-8-27(49)46-17-22(7)47(18-21(46)6)33-23-16-25(38)31(28-24(37)10-9-11-26(28)39)41-34(23)48(36(50)44-33)32-29(19(2)3)42-35(43-30(32)20(4)5)45-14-12-40-13-15-45;1-8-27(49)45-17-22(7)46(18-21(45)6)33-23-16-25(38)31(28-24(37)10-9-11-26(28)48)40-34(23)47(36(50)43-33)32-29(19(2)3)41-35(42-30(32)20(4)5)44-14-12-39-13-15-44;1-8-28(48)45-18-23(7)46(19-22(45)6)33-25-17-27(38)31(24-11-9-10-12-26(24)37)40-34(25)47(36(49)43-33)32-29(20(2)3)41-35(42-30(32)21(4)5)44-15-13-39-14-16-44/h8-11,16,19-22,40H,1,12-15,17-18,39H2,2-7H3;8-11,16,19-22,39,48H,1,12-15,17-18H2,2-7H3;8-12,17,20-23,39H,1,13-16,18-19H2,2-7H3/t2*21-,22+;22-,23+/m111/s1. The Balaban J connectivity index is 0.000000159. The lowest BCUT2D eigenvalue weighted by molar-refractivity contribution is -0.129. The fourth-order valence-electron chi connectivity index (χ4n) is 20.4. The number of fused-ring (bicyclic) bond motifs is 3. The number of anilines is 7. The number of hydrogen-bond acceptors (Lipinski definition) is 29. The van der Waals surface area contributed by atoms with E-state index in [1.165, 1.54) is 98.7 Å². The number of carbonyl (C=O) groups is 3. The first-order valence-corrected chi connectivity index (χ1v) is 50.9. The molecule has 6 atom stereocenters. The van der Waals surface area contributed by atoms with Crippen LogP contribution in [-0.4, -0.2) is 265 Å². The van der Waals surface area contributed by atoms with E-state index in [0.717, 1.165) is 71.5 Å². The lowest BCUT2D eigenvalue weighted by Crippen LogP contribution is -2.58. The number of nitrogens with zero attached hydrogens (tertiary/aromatic N) is 24. The van der Waals surface area contributed by atoms with Gasteiger partial charge in [-0.2, -0.15) is 15.0 Å². The third kappa shape index (κ3) is 21.1. The van der Waals surface area contributed by atoms with E-state index in [-0.39, 0.29) is 168 Å². The largest absolute Gasteiger partial charge is 0.507 e. The van der Waals surface area contributed by atoms with Crippen LogP contribution in [0.25, 0.3) is 83.9 Å². The van der Waals surface area contributed by atoms with Gasteiger partial charge in [-0.25, -0.2) is 99.3 Å². The van der Waals surface area contributed by atoms with Crippen molar-refractivity contribution in [2.75, 3.05) is 153 Å². The molecule has 3 amide bonds. The van der Waals surface area contributed by atoms with Crippen molar-refractivity contribution in [1.29, 1.82) is 0 Å². The number of nitrogen functional groups attached to an aromatic ring is 1. The molecule has 0 bridgehead atoms. The first kappa shape index (κ1) is 107. The number of benzene rings is 3. The van der Waals surface area contributed by atoms with Crippen molar-refractivity contribution in [3.63, 3.8) is 0 Å². The van der Waals surface area contributed by atoms with Crippen LogP contribution in [0.15, 0.2) is 131 Å². The summed E-state index contributed by atoms with van der Waals surface area (Å²) in [6.07, 6.45) is 3.82. The van der Waals surface area contributed by atoms with E-state index in [1.54, 1.807) is 20.8 Å². The van der Waals surface area contributed by atoms with Gasteiger partial charge in [-0.3, -0.25) is 14.4 Å². The third-order valence-electron chi connectivity index (χ3n) is 28.1. The maximum absolute atomic E-state index is 16.3. The summed E-state index contributed by atoms with van der Waals surface area (Å²) < 4.78 is 98.4. The molecular formula is C108H130F6N28O7. The zero-order valence-electron chi connectivity index (χ0n) is 87.5. The smallest absolute Gasteiger partial charge is 0.355 e. The SMILES string of the molecule is C=CC(=O)N1C[C@H](C)N(c2nc(=O)n(-c3c(C(C)C)nc(N4CCNCC4)nc3C(C)C)c3nc(-c4c(N)cccc4F)c(F)cc23)C[C@H]1C.C=CC(=O)N1C[C@H](C)N(c2nc(=O)n(-c3c(C(C)C)nc(N4CCNCC4)nc3C(C)C)c3nc(-c4c(O)cccc4F)c(F)cc23)C[C@H]1C.C=CC(=O)N1C[C@H](C)N(c2nc(=O)n(-c3c(C(C)C)nc(N4CCNCC4)nc3C(C)C)c3nc(-c4ccccc4F)c(F)cc23)C[C@H]1C. The molecule has 0 radical (unpaired) electrons. The van der Waals surface area contributed by atoms with Crippen molar-refractivity contribution in [2.24, 2.45) is 0 Å². The van der Waals surface area contributed by atoms with Gasteiger partial charge in [0.25, 0.3) is 0 Å². The van der Waals surface area contributed by atoms with Gasteiger partial charge in [0.1, 0.15) is 63.6 Å². The zero-order chi connectivity index (χ0) is 107. The quantitative estimate of drug-likeness (QED) is 0.0253. The van der Waals surface area contributed by atoms with Gasteiger partial charge >= 0.3 is 17.1 Å². The molecule has 15 heterocycles. The highest BCUT2D eigenvalue weighted by Gasteiger charge is 2.42. The van der Waals surface area contributed by atoms with Crippen LogP contribution in [0, 0.1) is 34.9 Å². The minimum Gasteiger partial charge on any atom is -0.507 e. The fraction of sp³-hybridized carbons (Fsp3) is 0.444. The molecule has 786 valence electrons. The van der Waals surface area contributed by atoms with Crippen LogP contribution in [0.2, 0.25) is 0 Å². The topological polar surface area (TPSA) is 383 Å². The van der Waals surface area contributed by atoms with Gasteiger partial charge in [0, 0.05) is 165 Å². The Labute approximate surface area is 860 Å². The van der Waals surface area contributed by atoms with E-state index in [9.17, 15) is 33.9 Å². The number of phenolic OH excluding ortho intramolecular Hbond substituents is 1. The van der Waals surface area contributed by atoms with E-state index < -0.39 is 69.0 Å². The van der Waals surface area contributed by atoms with Crippen LogP contribution >= 0.6 is 0 Å². The van der Waals surface area contributed by atoms with E-state index in [2.05, 4.69) is 70.3 Å². The van der Waals surface area contributed by atoms with E-state index >= 15 is 26.3 Å². The van der Waals surface area contributed by atoms with Crippen molar-refractivity contribution < 1.29 is 45.8 Å². The van der Waals surface area contributed by atoms with Crippen molar-refractivity contribution in [2.45, 2.75) is 196 Å². The molecule has 35 nitrogen and oxygen atoms in total. The summed E-state index contributed by atoms with van der Waals surface area (Å²) in [5, 5.41) is 21.4. The Hall–Kier alpha value is -14.7. The molecule has 9 aromatic heterocycles.